The molecule has 0 unspecified atom stereocenters. The number of aromatic nitrogens is 1. The molecule has 236 valence electrons. The summed E-state index contributed by atoms with van der Waals surface area (Å²) >= 11 is 0. The second kappa shape index (κ2) is 10.9. The maximum Gasteiger partial charge on any atom is 0.227 e. The highest BCUT2D eigenvalue weighted by Crippen LogP contribution is 2.47. The maximum atomic E-state index is 6.58. The minimum Gasteiger partial charge on any atom is -0.435 e. The van der Waals surface area contributed by atoms with Crippen LogP contribution in [0.25, 0.3) is 109 Å². The van der Waals surface area contributed by atoms with Gasteiger partial charge in [0.25, 0.3) is 0 Å². The number of benzene rings is 10. The Morgan fingerprint density at radius 3 is 1.73 bits per heavy atom. The normalized spacial score (nSPS) is 11.9. The molecule has 0 aliphatic heterocycles. The molecule has 0 fully saturated rings. The van der Waals surface area contributed by atoms with Crippen molar-refractivity contribution in [3.8, 4) is 33.7 Å². The second-order valence-corrected chi connectivity index (χ2v) is 13.4. The molecule has 0 amide bonds. The van der Waals surface area contributed by atoms with Gasteiger partial charge in [-0.25, -0.2) is 4.98 Å². The monoisotopic (exact) mass is 647 g/mol. The van der Waals surface area contributed by atoms with E-state index in [2.05, 4.69) is 146 Å². The summed E-state index contributed by atoms with van der Waals surface area (Å²) in [5.74, 6) is 0.639. The van der Waals surface area contributed by atoms with Crippen LogP contribution in [-0.2, 0) is 0 Å². The Labute approximate surface area is 293 Å². The lowest BCUT2D eigenvalue weighted by molar-refractivity contribution is 0.623. The van der Waals surface area contributed by atoms with E-state index in [4.69, 9.17) is 9.40 Å². The SMILES string of the molecule is c1ccc(-c2nc3ccc4ccc5ccc(-c6c7ccccc7c(-c7cccc8c7ccc7ccccc78)c7ccccc67)cc5c4c3o2)cc1. The molecule has 0 atom stereocenters. The number of fused-ring (bicyclic) bond motifs is 10. The molecule has 0 N–H and O–H groups in total. The van der Waals surface area contributed by atoms with Gasteiger partial charge in [0.15, 0.2) is 5.58 Å². The van der Waals surface area contributed by atoms with E-state index in [9.17, 15) is 0 Å². The van der Waals surface area contributed by atoms with Crippen molar-refractivity contribution < 1.29 is 4.42 Å². The molecule has 0 aliphatic carbocycles. The van der Waals surface area contributed by atoms with Crippen LogP contribution >= 0.6 is 0 Å². The van der Waals surface area contributed by atoms with Crippen molar-refractivity contribution >= 4 is 75.7 Å². The first-order valence-electron chi connectivity index (χ1n) is 17.5. The Morgan fingerprint density at radius 2 is 0.941 bits per heavy atom. The molecule has 1 aromatic heterocycles. The van der Waals surface area contributed by atoms with Gasteiger partial charge >= 0.3 is 0 Å². The first-order valence-corrected chi connectivity index (χ1v) is 17.5. The van der Waals surface area contributed by atoms with Gasteiger partial charge in [-0.3, -0.25) is 0 Å². The van der Waals surface area contributed by atoms with Crippen LogP contribution < -0.4 is 0 Å². The fraction of sp³-hybridized carbons (Fsp3) is 0. The molecule has 2 heteroatoms. The van der Waals surface area contributed by atoms with E-state index in [1.54, 1.807) is 0 Å². The summed E-state index contributed by atoms with van der Waals surface area (Å²) in [6, 6.07) is 63.5. The lowest BCUT2D eigenvalue weighted by Gasteiger charge is -2.19. The summed E-state index contributed by atoms with van der Waals surface area (Å²) in [5, 5.41) is 14.6. The van der Waals surface area contributed by atoms with Crippen LogP contribution in [0.5, 0.6) is 0 Å². The topological polar surface area (TPSA) is 26.0 Å². The molecule has 2 nitrogen and oxygen atoms in total. The number of hydrogen-bond acceptors (Lipinski definition) is 2. The lowest BCUT2D eigenvalue weighted by atomic mass is 9.84. The highest BCUT2D eigenvalue weighted by molar-refractivity contribution is 6.26. The quantitative estimate of drug-likeness (QED) is 0.141. The van der Waals surface area contributed by atoms with Crippen LogP contribution in [0.15, 0.2) is 180 Å². The number of rotatable bonds is 3. The van der Waals surface area contributed by atoms with Crippen molar-refractivity contribution in [2.24, 2.45) is 0 Å². The average Bonchev–Trinajstić information content (AvgIpc) is 3.65. The molecule has 1 heterocycles. The van der Waals surface area contributed by atoms with Crippen LogP contribution in [-0.4, -0.2) is 4.98 Å². The minimum atomic E-state index is 0.639. The number of nitrogens with zero attached hydrogens (tertiary/aromatic N) is 1. The van der Waals surface area contributed by atoms with Gasteiger partial charge in [0.05, 0.1) is 0 Å². The maximum absolute atomic E-state index is 6.58. The van der Waals surface area contributed by atoms with E-state index >= 15 is 0 Å². The molecule has 0 radical (unpaired) electrons. The molecule has 11 aromatic rings. The molecular weight excluding hydrogens is 619 g/mol. The van der Waals surface area contributed by atoms with E-state index in [-0.39, 0.29) is 0 Å². The average molecular weight is 648 g/mol. The first-order chi connectivity index (χ1) is 25.3. The molecule has 10 aromatic carbocycles. The zero-order valence-corrected chi connectivity index (χ0v) is 27.6. The summed E-state index contributed by atoms with van der Waals surface area (Å²) < 4.78 is 6.58. The lowest BCUT2D eigenvalue weighted by Crippen LogP contribution is -1.92. The molecule has 0 bridgehead atoms. The van der Waals surface area contributed by atoms with Crippen LogP contribution in [0.1, 0.15) is 0 Å². The molecule has 0 saturated heterocycles. The highest BCUT2D eigenvalue weighted by Gasteiger charge is 2.20. The first kappa shape index (κ1) is 28.1. The van der Waals surface area contributed by atoms with E-state index in [0.29, 0.717) is 5.89 Å². The minimum absolute atomic E-state index is 0.639. The zero-order valence-electron chi connectivity index (χ0n) is 27.6. The molecule has 51 heavy (non-hydrogen) atoms. The van der Waals surface area contributed by atoms with Crippen molar-refractivity contribution in [3.05, 3.63) is 176 Å². The Kier molecular flexibility index (Phi) is 5.99. The van der Waals surface area contributed by atoms with Crippen LogP contribution in [0.2, 0.25) is 0 Å². The Morgan fingerprint density at radius 1 is 0.353 bits per heavy atom. The molecule has 0 spiro atoms. The molecule has 0 aliphatic rings. The fourth-order valence-electron chi connectivity index (χ4n) is 8.37. The third-order valence-corrected chi connectivity index (χ3v) is 10.7. The smallest absolute Gasteiger partial charge is 0.227 e. The van der Waals surface area contributed by atoms with Gasteiger partial charge in [-0.2, -0.15) is 0 Å². The molecule has 0 saturated carbocycles. The third-order valence-electron chi connectivity index (χ3n) is 10.7. The second-order valence-electron chi connectivity index (χ2n) is 13.4. The van der Waals surface area contributed by atoms with Crippen molar-refractivity contribution in [2.45, 2.75) is 0 Å². The van der Waals surface area contributed by atoms with Gasteiger partial charge < -0.3 is 4.42 Å². The summed E-state index contributed by atoms with van der Waals surface area (Å²) in [4.78, 5) is 4.91. The molecule has 11 rings (SSSR count). The van der Waals surface area contributed by atoms with Crippen LogP contribution in [0.3, 0.4) is 0 Å². The fourth-order valence-corrected chi connectivity index (χ4v) is 8.37. The number of hydrogen-bond donors (Lipinski definition) is 0. The van der Waals surface area contributed by atoms with Gasteiger partial charge in [-0.05, 0) is 106 Å². The predicted octanol–water partition coefficient (Wildman–Crippen LogP) is 13.7. The van der Waals surface area contributed by atoms with Crippen molar-refractivity contribution in [2.75, 3.05) is 0 Å². The Bertz CT molecular complexity index is 3130. The summed E-state index contributed by atoms with van der Waals surface area (Å²) in [6.07, 6.45) is 0. The van der Waals surface area contributed by atoms with Gasteiger partial charge in [-0.1, -0.05) is 152 Å². The van der Waals surface area contributed by atoms with E-state index in [0.717, 1.165) is 32.8 Å². The van der Waals surface area contributed by atoms with E-state index in [1.807, 2.05) is 30.3 Å². The van der Waals surface area contributed by atoms with E-state index in [1.165, 1.54) is 70.7 Å². The summed E-state index contributed by atoms with van der Waals surface area (Å²) in [7, 11) is 0. The largest absolute Gasteiger partial charge is 0.435 e. The van der Waals surface area contributed by atoms with Crippen LogP contribution in [0.4, 0.5) is 0 Å². The Hall–Kier alpha value is -6.77. The van der Waals surface area contributed by atoms with Gasteiger partial charge in [0.2, 0.25) is 5.89 Å². The van der Waals surface area contributed by atoms with Gasteiger partial charge in [0.1, 0.15) is 5.52 Å². The van der Waals surface area contributed by atoms with E-state index < -0.39 is 0 Å². The van der Waals surface area contributed by atoms with Crippen molar-refractivity contribution in [3.63, 3.8) is 0 Å². The predicted molar refractivity (Wildman–Crippen MR) is 215 cm³/mol. The standard InChI is InChI=1S/C49H29NO/c1-2-12-33(13-3-1)49-50-44-28-26-32-23-21-31-22-24-34(29-43(31)46(32)48(44)51-49)45-39-15-6-8-17-41(39)47(42-18-9-7-16-40(42)45)38-20-10-19-36-35-14-5-4-11-30(35)25-27-37(36)38/h1-29H. The molecular formula is C49H29NO. The number of oxazole rings is 1. The summed E-state index contributed by atoms with van der Waals surface area (Å²) in [5.41, 5.74) is 7.60. The third kappa shape index (κ3) is 4.20. The van der Waals surface area contributed by atoms with Gasteiger partial charge in [0, 0.05) is 10.9 Å². The highest BCUT2D eigenvalue weighted by atomic mass is 16.3. The van der Waals surface area contributed by atoms with Gasteiger partial charge in [-0.15, -0.1) is 0 Å². The van der Waals surface area contributed by atoms with Crippen molar-refractivity contribution in [1.82, 2.24) is 4.98 Å². The van der Waals surface area contributed by atoms with Crippen LogP contribution in [0, 0.1) is 0 Å². The zero-order chi connectivity index (χ0) is 33.5. The Balaban J connectivity index is 1.21. The summed E-state index contributed by atoms with van der Waals surface area (Å²) in [6.45, 7) is 0. The van der Waals surface area contributed by atoms with Crippen molar-refractivity contribution in [1.29, 1.82) is 0 Å².